The molecule has 16 heavy (non-hydrogen) atoms. The van der Waals surface area contributed by atoms with Crippen molar-refractivity contribution < 1.29 is 5.11 Å². The Kier molecular flexibility index (Phi) is 3.18. The van der Waals surface area contributed by atoms with E-state index in [1.54, 1.807) is 0 Å². The molecule has 0 amide bonds. The van der Waals surface area contributed by atoms with Gasteiger partial charge in [-0.25, -0.2) is 0 Å². The van der Waals surface area contributed by atoms with E-state index in [0.29, 0.717) is 5.92 Å². The number of hydrogen-bond acceptors (Lipinski definition) is 3. The highest BCUT2D eigenvalue weighted by atomic mass is 16.3. The number of aliphatic hydroxyl groups is 1. The molecule has 3 aliphatic rings. The number of rotatable bonds is 4. The first-order chi connectivity index (χ1) is 7.83. The molecule has 3 N–H and O–H groups in total. The van der Waals surface area contributed by atoms with Crippen LogP contribution in [0, 0.1) is 23.7 Å². The van der Waals surface area contributed by atoms with Gasteiger partial charge in [0, 0.05) is 25.6 Å². The Balaban J connectivity index is 1.37. The summed E-state index contributed by atoms with van der Waals surface area (Å²) in [7, 11) is 0. The predicted molar refractivity (Wildman–Crippen MR) is 64.2 cm³/mol. The third kappa shape index (κ3) is 2.13. The van der Waals surface area contributed by atoms with E-state index >= 15 is 0 Å². The summed E-state index contributed by atoms with van der Waals surface area (Å²) in [6, 6.07) is 0. The Bertz CT molecular complexity index is 246. The molecule has 2 aliphatic carbocycles. The van der Waals surface area contributed by atoms with Crippen LogP contribution in [-0.4, -0.2) is 37.4 Å². The second-order valence-corrected chi connectivity index (χ2v) is 6.08. The van der Waals surface area contributed by atoms with Crippen LogP contribution in [0.4, 0.5) is 0 Å². The molecule has 92 valence electrons. The predicted octanol–water partition coefficient (Wildman–Crippen LogP) is 0.592. The molecule has 3 heteroatoms. The van der Waals surface area contributed by atoms with Crippen LogP contribution in [0.5, 0.6) is 0 Å². The highest BCUT2D eigenvalue weighted by Crippen LogP contribution is 2.47. The maximum atomic E-state index is 9.68. The lowest BCUT2D eigenvalue weighted by Gasteiger charge is -2.23. The van der Waals surface area contributed by atoms with Crippen molar-refractivity contribution >= 4 is 0 Å². The van der Waals surface area contributed by atoms with Crippen LogP contribution in [0.25, 0.3) is 0 Å². The summed E-state index contributed by atoms with van der Waals surface area (Å²) in [5.41, 5.74) is 0. The van der Waals surface area contributed by atoms with Crippen molar-refractivity contribution in [2.75, 3.05) is 26.2 Å². The Hall–Kier alpha value is -0.120. The molecule has 0 radical (unpaired) electrons. The van der Waals surface area contributed by atoms with Gasteiger partial charge in [0.25, 0.3) is 0 Å². The van der Waals surface area contributed by atoms with Crippen LogP contribution < -0.4 is 10.6 Å². The molecule has 5 atom stereocenters. The zero-order chi connectivity index (χ0) is 11.0. The highest BCUT2D eigenvalue weighted by Gasteiger charge is 2.39. The van der Waals surface area contributed by atoms with Crippen LogP contribution in [0.1, 0.15) is 25.7 Å². The summed E-state index contributed by atoms with van der Waals surface area (Å²) in [5, 5.41) is 16.5. The van der Waals surface area contributed by atoms with Crippen molar-refractivity contribution in [3.05, 3.63) is 0 Å². The second-order valence-electron chi connectivity index (χ2n) is 6.08. The summed E-state index contributed by atoms with van der Waals surface area (Å²) in [5.74, 6) is 3.43. The number of hydrogen-bond donors (Lipinski definition) is 3. The summed E-state index contributed by atoms with van der Waals surface area (Å²) in [6.07, 6.45) is 5.80. The maximum absolute atomic E-state index is 9.68. The Labute approximate surface area is 98.0 Å². The molecule has 2 bridgehead atoms. The van der Waals surface area contributed by atoms with Gasteiger partial charge in [-0.1, -0.05) is 6.42 Å². The van der Waals surface area contributed by atoms with Crippen LogP contribution in [-0.2, 0) is 0 Å². The first-order valence-corrected chi connectivity index (χ1v) is 6.92. The van der Waals surface area contributed by atoms with Gasteiger partial charge in [-0.15, -0.1) is 0 Å². The van der Waals surface area contributed by atoms with Crippen molar-refractivity contribution in [3.8, 4) is 0 Å². The molecule has 1 aliphatic heterocycles. The Morgan fingerprint density at radius 3 is 2.56 bits per heavy atom. The molecular weight excluding hydrogens is 200 g/mol. The molecule has 0 aromatic heterocycles. The lowest BCUT2D eigenvalue weighted by Crippen LogP contribution is -2.34. The molecule has 1 heterocycles. The van der Waals surface area contributed by atoms with E-state index < -0.39 is 0 Å². The van der Waals surface area contributed by atoms with E-state index in [-0.39, 0.29) is 6.10 Å². The molecule has 2 saturated carbocycles. The number of nitrogens with one attached hydrogen (secondary N) is 2. The van der Waals surface area contributed by atoms with Gasteiger partial charge in [-0.3, -0.25) is 0 Å². The minimum absolute atomic E-state index is 0.132. The van der Waals surface area contributed by atoms with E-state index in [0.717, 1.165) is 37.4 Å². The molecular formula is C13H24N2O. The summed E-state index contributed by atoms with van der Waals surface area (Å²) >= 11 is 0. The van der Waals surface area contributed by atoms with E-state index in [1.807, 2.05) is 0 Å². The van der Waals surface area contributed by atoms with Gasteiger partial charge in [-0.05, 0) is 43.6 Å². The van der Waals surface area contributed by atoms with E-state index in [4.69, 9.17) is 0 Å². The van der Waals surface area contributed by atoms with Gasteiger partial charge in [0.15, 0.2) is 0 Å². The van der Waals surface area contributed by atoms with Gasteiger partial charge < -0.3 is 15.7 Å². The zero-order valence-electron chi connectivity index (χ0n) is 9.99. The molecule has 0 aromatic rings. The summed E-state index contributed by atoms with van der Waals surface area (Å²) < 4.78 is 0. The molecule has 0 aromatic carbocycles. The molecule has 1 saturated heterocycles. The molecule has 3 fully saturated rings. The third-order valence-corrected chi connectivity index (χ3v) is 5.00. The third-order valence-electron chi connectivity index (χ3n) is 5.00. The standard InChI is InChI=1S/C13H24N2O/c16-13-8-15-7-12(13)6-14-5-11-4-9-1-2-10(11)3-9/h9-16H,1-8H2. The van der Waals surface area contributed by atoms with E-state index in [1.165, 1.54) is 32.2 Å². The topological polar surface area (TPSA) is 44.3 Å². The smallest absolute Gasteiger partial charge is 0.0716 e. The van der Waals surface area contributed by atoms with Crippen LogP contribution in [0.3, 0.4) is 0 Å². The van der Waals surface area contributed by atoms with Crippen LogP contribution in [0.2, 0.25) is 0 Å². The van der Waals surface area contributed by atoms with Crippen molar-refractivity contribution in [2.45, 2.75) is 31.8 Å². The first kappa shape index (κ1) is 11.0. The minimum atomic E-state index is -0.132. The maximum Gasteiger partial charge on any atom is 0.0716 e. The molecule has 3 nitrogen and oxygen atoms in total. The van der Waals surface area contributed by atoms with Gasteiger partial charge in [0.2, 0.25) is 0 Å². The molecule has 5 unspecified atom stereocenters. The monoisotopic (exact) mass is 224 g/mol. The normalized spacial score (nSPS) is 46.7. The van der Waals surface area contributed by atoms with Crippen molar-refractivity contribution in [3.63, 3.8) is 0 Å². The van der Waals surface area contributed by atoms with Crippen LogP contribution in [0.15, 0.2) is 0 Å². The number of fused-ring (bicyclic) bond motifs is 2. The minimum Gasteiger partial charge on any atom is -0.391 e. The number of aliphatic hydroxyl groups excluding tert-OH is 1. The van der Waals surface area contributed by atoms with E-state index in [2.05, 4.69) is 10.6 Å². The van der Waals surface area contributed by atoms with Crippen molar-refractivity contribution in [1.82, 2.24) is 10.6 Å². The largest absolute Gasteiger partial charge is 0.391 e. The number of β-amino-alcohol motifs (C(OH)–C–C–N with tert-alkyl or cyclic N) is 1. The molecule has 0 spiro atoms. The second kappa shape index (κ2) is 4.63. The lowest BCUT2D eigenvalue weighted by molar-refractivity contribution is 0.145. The highest BCUT2D eigenvalue weighted by molar-refractivity contribution is 4.91. The van der Waals surface area contributed by atoms with Crippen molar-refractivity contribution in [1.29, 1.82) is 0 Å². The first-order valence-electron chi connectivity index (χ1n) is 6.92. The quantitative estimate of drug-likeness (QED) is 0.655. The van der Waals surface area contributed by atoms with Gasteiger partial charge in [0.1, 0.15) is 0 Å². The Morgan fingerprint density at radius 1 is 1.06 bits per heavy atom. The average Bonchev–Trinajstić information content (AvgIpc) is 2.96. The summed E-state index contributed by atoms with van der Waals surface area (Å²) in [6.45, 7) is 3.93. The van der Waals surface area contributed by atoms with Gasteiger partial charge >= 0.3 is 0 Å². The van der Waals surface area contributed by atoms with Crippen LogP contribution >= 0.6 is 0 Å². The lowest BCUT2D eigenvalue weighted by atomic mass is 9.89. The Morgan fingerprint density at radius 2 is 1.94 bits per heavy atom. The fraction of sp³-hybridized carbons (Fsp3) is 1.00. The molecule has 3 rings (SSSR count). The average molecular weight is 224 g/mol. The SMILES string of the molecule is OC1CNCC1CNCC1CC2CCC1C2. The van der Waals surface area contributed by atoms with Gasteiger partial charge in [-0.2, -0.15) is 0 Å². The zero-order valence-corrected chi connectivity index (χ0v) is 9.99. The fourth-order valence-electron chi connectivity index (χ4n) is 4.01. The van der Waals surface area contributed by atoms with Crippen molar-refractivity contribution in [2.24, 2.45) is 23.7 Å². The van der Waals surface area contributed by atoms with Gasteiger partial charge in [0.05, 0.1) is 6.10 Å². The van der Waals surface area contributed by atoms with E-state index in [9.17, 15) is 5.11 Å². The summed E-state index contributed by atoms with van der Waals surface area (Å²) in [4.78, 5) is 0. The fourth-order valence-corrected chi connectivity index (χ4v) is 4.01.